The van der Waals surface area contributed by atoms with Crippen LogP contribution in [0.1, 0.15) is 18.1 Å². The van der Waals surface area contributed by atoms with Crippen LogP contribution >= 0.6 is 34.8 Å². The summed E-state index contributed by atoms with van der Waals surface area (Å²) in [5, 5.41) is 13.2. The van der Waals surface area contributed by atoms with Gasteiger partial charge in [0.05, 0.1) is 12.1 Å². The Morgan fingerprint density at radius 3 is 2.54 bits per heavy atom. The number of carboxylic acids is 1. The Morgan fingerprint density at radius 2 is 1.92 bits per heavy atom. The molecule has 5 nitrogen and oxygen atoms in total. The van der Waals surface area contributed by atoms with Gasteiger partial charge in [0.15, 0.2) is 11.5 Å². The molecule has 0 radical (unpaired) electrons. The van der Waals surface area contributed by atoms with Crippen LogP contribution in [0.5, 0.6) is 11.5 Å². The number of methoxy groups -OCH3 is 1. The fourth-order valence-corrected chi connectivity index (χ4v) is 2.91. The van der Waals surface area contributed by atoms with E-state index in [1.54, 1.807) is 37.3 Å². The third kappa shape index (κ3) is 5.42. The lowest BCUT2D eigenvalue weighted by molar-refractivity contribution is -0.139. The minimum atomic E-state index is -0.928. The van der Waals surface area contributed by atoms with E-state index in [0.717, 1.165) is 11.1 Å². The summed E-state index contributed by atoms with van der Waals surface area (Å²) < 4.78 is 11.1. The molecule has 0 bridgehead atoms. The summed E-state index contributed by atoms with van der Waals surface area (Å²) in [4.78, 5) is 10.9. The highest BCUT2D eigenvalue weighted by Crippen LogP contribution is 2.37. The molecule has 26 heavy (non-hydrogen) atoms. The molecule has 0 aliphatic heterocycles. The highest BCUT2D eigenvalue weighted by atomic mass is 35.5. The highest BCUT2D eigenvalue weighted by molar-refractivity contribution is 6.35. The average molecular weight is 419 g/mol. The van der Waals surface area contributed by atoms with Crippen molar-refractivity contribution in [3.05, 3.63) is 56.5 Å². The average Bonchev–Trinajstić information content (AvgIpc) is 2.59. The van der Waals surface area contributed by atoms with Crippen molar-refractivity contribution in [3.8, 4) is 11.5 Å². The quantitative estimate of drug-likeness (QED) is 0.645. The van der Waals surface area contributed by atoms with Crippen molar-refractivity contribution in [1.82, 2.24) is 5.32 Å². The van der Waals surface area contributed by atoms with E-state index < -0.39 is 12.0 Å². The largest absolute Gasteiger partial charge is 0.493 e. The van der Waals surface area contributed by atoms with Crippen molar-refractivity contribution in [2.75, 3.05) is 7.11 Å². The summed E-state index contributed by atoms with van der Waals surface area (Å²) in [7, 11) is 1.50. The van der Waals surface area contributed by atoms with Crippen molar-refractivity contribution in [2.24, 2.45) is 0 Å². The van der Waals surface area contributed by atoms with Crippen LogP contribution in [-0.2, 0) is 17.9 Å². The molecule has 0 saturated carbocycles. The number of benzene rings is 2. The summed E-state index contributed by atoms with van der Waals surface area (Å²) in [6, 6.07) is 7.90. The van der Waals surface area contributed by atoms with Crippen molar-refractivity contribution in [2.45, 2.75) is 26.1 Å². The molecular weight excluding hydrogens is 401 g/mol. The van der Waals surface area contributed by atoms with Crippen LogP contribution in [0.15, 0.2) is 30.3 Å². The van der Waals surface area contributed by atoms with Crippen LogP contribution in [-0.4, -0.2) is 24.2 Å². The molecule has 0 aromatic heterocycles. The van der Waals surface area contributed by atoms with E-state index in [1.165, 1.54) is 7.11 Å². The molecule has 0 aliphatic carbocycles. The van der Waals surface area contributed by atoms with Crippen LogP contribution in [0.25, 0.3) is 0 Å². The Bertz CT molecular complexity index is 798. The monoisotopic (exact) mass is 417 g/mol. The second kappa shape index (κ2) is 9.33. The van der Waals surface area contributed by atoms with E-state index >= 15 is 0 Å². The molecule has 2 N–H and O–H groups in total. The van der Waals surface area contributed by atoms with E-state index in [-0.39, 0.29) is 6.61 Å². The predicted octanol–water partition coefficient (Wildman–Crippen LogP) is 4.80. The Hall–Kier alpha value is -1.66. The number of aliphatic carboxylic acids is 1. The topological polar surface area (TPSA) is 67.8 Å². The van der Waals surface area contributed by atoms with Gasteiger partial charge >= 0.3 is 5.97 Å². The summed E-state index contributed by atoms with van der Waals surface area (Å²) in [6.07, 6.45) is 0. The molecule has 0 fully saturated rings. The van der Waals surface area contributed by atoms with Gasteiger partial charge < -0.3 is 19.9 Å². The number of hydrogen-bond acceptors (Lipinski definition) is 4. The molecule has 2 aromatic rings. The zero-order chi connectivity index (χ0) is 19.3. The Balaban J connectivity index is 2.14. The van der Waals surface area contributed by atoms with Crippen LogP contribution in [0.3, 0.4) is 0 Å². The molecule has 1 unspecified atom stereocenters. The first-order valence-corrected chi connectivity index (χ1v) is 8.84. The number of carbonyl (C=O) groups is 1. The molecule has 0 spiro atoms. The lowest BCUT2D eigenvalue weighted by Gasteiger charge is -2.16. The maximum Gasteiger partial charge on any atom is 0.320 e. The molecule has 0 heterocycles. The maximum atomic E-state index is 10.9. The molecule has 2 aromatic carbocycles. The summed E-state index contributed by atoms with van der Waals surface area (Å²) >= 11 is 18.4. The number of ether oxygens (including phenoxy) is 2. The van der Waals surface area contributed by atoms with Gasteiger partial charge in [-0.15, -0.1) is 0 Å². The SMILES string of the molecule is COc1cc(CNC(C)C(=O)O)cc(Cl)c1OCc1ccc(Cl)cc1Cl. The minimum Gasteiger partial charge on any atom is -0.493 e. The molecule has 0 saturated heterocycles. The molecule has 2 rings (SSSR count). The van der Waals surface area contributed by atoms with Crippen LogP contribution in [0, 0.1) is 0 Å². The van der Waals surface area contributed by atoms with Gasteiger partial charge in [-0.2, -0.15) is 0 Å². The number of rotatable bonds is 8. The zero-order valence-electron chi connectivity index (χ0n) is 14.2. The number of carboxylic acid groups (broad SMARTS) is 1. The third-order valence-corrected chi connectivity index (χ3v) is 4.53. The van der Waals surface area contributed by atoms with E-state index in [0.29, 0.717) is 33.1 Å². The molecule has 1 atom stereocenters. The summed E-state index contributed by atoms with van der Waals surface area (Å²) in [6.45, 7) is 2.08. The van der Waals surface area contributed by atoms with Crippen molar-refractivity contribution in [1.29, 1.82) is 0 Å². The van der Waals surface area contributed by atoms with Crippen molar-refractivity contribution in [3.63, 3.8) is 0 Å². The molecule has 0 aliphatic rings. The lowest BCUT2D eigenvalue weighted by Crippen LogP contribution is -2.33. The van der Waals surface area contributed by atoms with Gasteiger partial charge in [0.1, 0.15) is 12.6 Å². The van der Waals surface area contributed by atoms with Gasteiger partial charge in [0.2, 0.25) is 0 Å². The predicted molar refractivity (Wildman–Crippen MR) is 103 cm³/mol. The zero-order valence-corrected chi connectivity index (χ0v) is 16.5. The van der Waals surface area contributed by atoms with Gasteiger partial charge in [0, 0.05) is 22.2 Å². The van der Waals surface area contributed by atoms with E-state index in [2.05, 4.69) is 5.32 Å². The third-order valence-electron chi connectivity index (χ3n) is 3.66. The molecule has 0 amide bonds. The van der Waals surface area contributed by atoms with Crippen molar-refractivity contribution >= 4 is 40.8 Å². The smallest absolute Gasteiger partial charge is 0.320 e. The number of hydrogen-bond donors (Lipinski definition) is 2. The second-order valence-electron chi connectivity index (χ2n) is 5.57. The minimum absolute atomic E-state index is 0.194. The van der Waals surface area contributed by atoms with Gasteiger partial charge in [0.25, 0.3) is 0 Å². The van der Waals surface area contributed by atoms with Gasteiger partial charge in [-0.05, 0) is 36.8 Å². The first kappa shape index (κ1) is 20.6. The summed E-state index contributed by atoms with van der Waals surface area (Å²) in [5.74, 6) is -0.0968. The van der Waals surface area contributed by atoms with Crippen LogP contribution in [0.4, 0.5) is 0 Å². The van der Waals surface area contributed by atoms with E-state index in [1.807, 2.05) is 0 Å². The molecule has 8 heteroatoms. The Morgan fingerprint density at radius 1 is 1.19 bits per heavy atom. The van der Waals surface area contributed by atoms with Gasteiger partial charge in [-0.25, -0.2) is 0 Å². The number of halogens is 3. The first-order chi connectivity index (χ1) is 12.3. The molecule has 140 valence electrons. The van der Waals surface area contributed by atoms with Crippen LogP contribution < -0.4 is 14.8 Å². The normalized spacial score (nSPS) is 11.9. The van der Waals surface area contributed by atoms with Gasteiger partial charge in [-0.3, -0.25) is 4.79 Å². The van der Waals surface area contributed by atoms with E-state index in [4.69, 9.17) is 49.4 Å². The van der Waals surface area contributed by atoms with Gasteiger partial charge in [-0.1, -0.05) is 40.9 Å². The van der Waals surface area contributed by atoms with E-state index in [9.17, 15) is 4.79 Å². The Labute approximate surface area is 166 Å². The van der Waals surface area contributed by atoms with Crippen molar-refractivity contribution < 1.29 is 19.4 Å². The second-order valence-corrected chi connectivity index (χ2v) is 6.83. The highest BCUT2D eigenvalue weighted by Gasteiger charge is 2.15. The lowest BCUT2D eigenvalue weighted by atomic mass is 10.2. The fraction of sp³-hybridized carbons (Fsp3) is 0.278. The summed E-state index contributed by atoms with van der Waals surface area (Å²) in [5.41, 5.74) is 1.53. The number of nitrogens with one attached hydrogen (secondary N) is 1. The standard InChI is InChI=1S/C18H18Cl3NO4/c1-10(18(23)24)22-8-11-5-15(21)17(16(6-11)25-2)26-9-12-3-4-13(19)7-14(12)20/h3-7,10,22H,8-9H2,1-2H3,(H,23,24). The molecular formula is C18H18Cl3NO4. The van der Waals surface area contributed by atoms with Crippen LogP contribution in [0.2, 0.25) is 15.1 Å². The first-order valence-electron chi connectivity index (χ1n) is 7.71. The Kier molecular flexibility index (Phi) is 7.41. The fourth-order valence-electron chi connectivity index (χ4n) is 2.16. The maximum absolute atomic E-state index is 10.9.